The topological polar surface area (TPSA) is 20.3 Å². The van der Waals surface area contributed by atoms with Crippen molar-refractivity contribution >= 4 is 28.0 Å². The molecule has 86 valence electrons. The van der Waals surface area contributed by atoms with Gasteiger partial charge in [0.25, 0.3) is 0 Å². The van der Waals surface area contributed by atoms with E-state index in [0.717, 1.165) is 22.1 Å². The third-order valence-corrected chi connectivity index (χ3v) is 3.01. The fourth-order valence-corrected chi connectivity index (χ4v) is 1.87. The van der Waals surface area contributed by atoms with Crippen LogP contribution in [-0.4, -0.2) is 6.41 Å². The lowest BCUT2D eigenvalue weighted by Gasteiger charge is -2.17. The van der Waals surface area contributed by atoms with Gasteiger partial charge in [-0.3, -0.25) is 4.79 Å². The molecule has 2 aromatic carbocycles. The van der Waals surface area contributed by atoms with Gasteiger partial charge in [-0.1, -0.05) is 46.3 Å². The third kappa shape index (κ3) is 3.17. The molecule has 2 aromatic rings. The van der Waals surface area contributed by atoms with Crippen molar-refractivity contribution in [3.05, 3.63) is 64.6 Å². The molecular formula is C14H12BrNO. The average molecular weight is 290 g/mol. The van der Waals surface area contributed by atoms with E-state index in [9.17, 15) is 4.79 Å². The number of amides is 1. The molecule has 17 heavy (non-hydrogen) atoms. The van der Waals surface area contributed by atoms with Crippen LogP contribution >= 0.6 is 15.9 Å². The lowest BCUT2D eigenvalue weighted by molar-refractivity contribution is -0.107. The van der Waals surface area contributed by atoms with E-state index in [-0.39, 0.29) is 0 Å². The van der Waals surface area contributed by atoms with Crippen LogP contribution in [0.15, 0.2) is 59.1 Å². The van der Waals surface area contributed by atoms with E-state index >= 15 is 0 Å². The van der Waals surface area contributed by atoms with E-state index in [1.54, 1.807) is 4.90 Å². The molecule has 2 nitrogen and oxygen atoms in total. The summed E-state index contributed by atoms with van der Waals surface area (Å²) in [5, 5.41) is 0. The number of halogens is 1. The Labute approximate surface area is 109 Å². The third-order valence-electron chi connectivity index (χ3n) is 2.48. The number of hydrogen-bond donors (Lipinski definition) is 0. The Morgan fingerprint density at radius 2 is 1.65 bits per heavy atom. The van der Waals surface area contributed by atoms with Gasteiger partial charge in [0.2, 0.25) is 6.41 Å². The van der Waals surface area contributed by atoms with Crippen LogP contribution in [0.3, 0.4) is 0 Å². The molecule has 0 spiro atoms. The first-order valence-electron chi connectivity index (χ1n) is 5.31. The van der Waals surface area contributed by atoms with Crippen LogP contribution in [0.4, 0.5) is 5.69 Å². The largest absolute Gasteiger partial charge is 0.311 e. The van der Waals surface area contributed by atoms with Gasteiger partial charge in [-0.05, 0) is 29.8 Å². The Balaban J connectivity index is 2.17. The number of nitrogens with zero attached hydrogens (tertiary/aromatic N) is 1. The minimum Gasteiger partial charge on any atom is -0.311 e. The molecule has 0 saturated carbocycles. The predicted molar refractivity (Wildman–Crippen MR) is 72.8 cm³/mol. The Kier molecular flexibility index (Phi) is 3.94. The second kappa shape index (κ2) is 5.64. The van der Waals surface area contributed by atoms with E-state index in [4.69, 9.17) is 0 Å². The lowest BCUT2D eigenvalue weighted by atomic mass is 10.2. The Hall–Kier alpha value is -1.61. The zero-order chi connectivity index (χ0) is 12.1. The quantitative estimate of drug-likeness (QED) is 0.788. The molecule has 0 N–H and O–H groups in total. The molecule has 0 bridgehead atoms. The summed E-state index contributed by atoms with van der Waals surface area (Å²) in [5.41, 5.74) is 2.01. The first-order valence-corrected chi connectivity index (χ1v) is 6.10. The minimum absolute atomic E-state index is 0.589. The zero-order valence-electron chi connectivity index (χ0n) is 9.21. The van der Waals surface area contributed by atoms with Crippen LogP contribution in [0.2, 0.25) is 0 Å². The molecule has 0 saturated heterocycles. The fourth-order valence-electron chi connectivity index (χ4n) is 1.60. The summed E-state index contributed by atoms with van der Waals surface area (Å²) in [5.74, 6) is 0. The van der Waals surface area contributed by atoms with Gasteiger partial charge in [0.15, 0.2) is 0 Å². The summed E-state index contributed by atoms with van der Waals surface area (Å²) >= 11 is 3.38. The number of anilines is 1. The van der Waals surface area contributed by atoms with E-state index in [1.807, 2.05) is 54.6 Å². The first kappa shape index (κ1) is 11.9. The smallest absolute Gasteiger partial charge is 0.214 e. The number of benzene rings is 2. The van der Waals surface area contributed by atoms with Gasteiger partial charge in [0, 0.05) is 10.2 Å². The van der Waals surface area contributed by atoms with Crippen molar-refractivity contribution in [2.24, 2.45) is 0 Å². The van der Waals surface area contributed by atoms with Crippen molar-refractivity contribution in [2.75, 3.05) is 4.90 Å². The Morgan fingerprint density at radius 3 is 2.24 bits per heavy atom. The van der Waals surface area contributed by atoms with Crippen LogP contribution in [-0.2, 0) is 11.3 Å². The molecule has 0 radical (unpaired) electrons. The van der Waals surface area contributed by atoms with Crippen LogP contribution in [0.5, 0.6) is 0 Å². The molecule has 0 unspecified atom stereocenters. The van der Waals surface area contributed by atoms with E-state index in [1.165, 1.54) is 0 Å². The highest BCUT2D eigenvalue weighted by Crippen LogP contribution is 2.19. The minimum atomic E-state index is 0.589. The van der Waals surface area contributed by atoms with Gasteiger partial charge in [-0.2, -0.15) is 0 Å². The number of rotatable bonds is 4. The highest BCUT2D eigenvalue weighted by Gasteiger charge is 2.05. The predicted octanol–water partition coefficient (Wildman–Crippen LogP) is 3.61. The monoisotopic (exact) mass is 289 g/mol. The number of carbonyl (C=O) groups is 1. The molecule has 1 amide bonds. The van der Waals surface area contributed by atoms with Gasteiger partial charge < -0.3 is 4.90 Å². The maximum atomic E-state index is 11.1. The highest BCUT2D eigenvalue weighted by molar-refractivity contribution is 9.10. The summed E-state index contributed by atoms with van der Waals surface area (Å²) in [7, 11) is 0. The molecule has 0 heterocycles. The summed E-state index contributed by atoms with van der Waals surface area (Å²) < 4.78 is 1.01. The SMILES string of the molecule is O=CN(Cc1ccccc1)c1ccc(Br)cc1. The molecule has 0 aromatic heterocycles. The summed E-state index contributed by atoms with van der Waals surface area (Å²) in [4.78, 5) is 12.8. The highest BCUT2D eigenvalue weighted by atomic mass is 79.9. The molecule has 2 rings (SSSR count). The van der Waals surface area contributed by atoms with Crippen molar-refractivity contribution in [3.63, 3.8) is 0 Å². The fraction of sp³-hybridized carbons (Fsp3) is 0.0714. The molecular weight excluding hydrogens is 278 g/mol. The summed E-state index contributed by atoms with van der Waals surface area (Å²) in [6, 6.07) is 17.6. The van der Waals surface area contributed by atoms with Crippen molar-refractivity contribution in [1.29, 1.82) is 0 Å². The molecule has 0 atom stereocenters. The Morgan fingerprint density at radius 1 is 1.00 bits per heavy atom. The standard InChI is InChI=1S/C14H12BrNO/c15-13-6-8-14(9-7-13)16(11-17)10-12-4-2-1-3-5-12/h1-9,11H,10H2. The van der Waals surface area contributed by atoms with Crippen LogP contribution in [0.1, 0.15) is 5.56 Å². The Bertz CT molecular complexity index is 481. The summed E-state index contributed by atoms with van der Waals surface area (Å²) in [6.45, 7) is 0.589. The maximum Gasteiger partial charge on any atom is 0.214 e. The van der Waals surface area contributed by atoms with Crippen molar-refractivity contribution < 1.29 is 4.79 Å². The van der Waals surface area contributed by atoms with E-state index in [0.29, 0.717) is 6.54 Å². The normalized spacial score (nSPS) is 9.94. The van der Waals surface area contributed by atoms with Gasteiger partial charge in [-0.25, -0.2) is 0 Å². The number of carbonyl (C=O) groups excluding carboxylic acids is 1. The van der Waals surface area contributed by atoms with Crippen LogP contribution < -0.4 is 4.90 Å². The maximum absolute atomic E-state index is 11.1. The van der Waals surface area contributed by atoms with Crippen molar-refractivity contribution in [1.82, 2.24) is 0 Å². The van der Waals surface area contributed by atoms with Crippen LogP contribution in [0.25, 0.3) is 0 Å². The second-order valence-electron chi connectivity index (χ2n) is 3.70. The molecule has 0 aliphatic carbocycles. The first-order chi connectivity index (χ1) is 8.29. The van der Waals surface area contributed by atoms with Gasteiger partial charge >= 0.3 is 0 Å². The second-order valence-corrected chi connectivity index (χ2v) is 4.61. The van der Waals surface area contributed by atoms with E-state index in [2.05, 4.69) is 15.9 Å². The average Bonchev–Trinajstić information content (AvgIpc) is 2.38. The van der Waals surface area contributed by atoms with Gasteiger partial charge in [0.1, 0.15) is 0 Å². The summed E-state index contributed by atoms with van der Waals surface area (Å²) in [6.07, 6.45) is 0.857. The van der Waals surface area contributed by atoms with Crippen molar-refractivity contribution in [3.8, 4) is 0 Å². The molecule has 3 heteroatoms. The molecule has 0 aliphatic rings. The lowest BCUT2D eigenvalue weighted by Crippen LogP contribution is -2.20. The van der Waals surface area contributed by atoms with Gasteiger partial charge in [0.05, 0.1) is 6.54 Å². The zero-order valence-corrected chi connectivity index (χ0v) is 10.8. The number of hydrogen-bond acceptors (Lipinski definition) is 1. The molecule has 0 fully saturated rings. The van der Waals surface area contributed by atoms with E-state index < -0.39 is 0 Å². The van der Waals surface area contributed by atoms with Gasteiger partial charge in [-0.15, -0.1) is 0 Å². The molecule has 0 aliphatic heterocycles. The van der Waals surface area contributed by atoms with Crippen LogP contribution in [0, 0.1) is 0 Å². The van der Waals surface area contributed by atoms with Crippen molar-refractivity contribution in [2.45, 2.75) is 6.54 Å².